The second-order valence-corrected chi connectivity index (χ2v) is 3.08. The van der Waals surface area contributed by atoms with E-state index in [4.69, 9.17) is 5.73 Å². The van der Waals surface area contributed by atoms with Crippen molar-refractivity contribution in [2.45, 2.75) is 6.92 Å². The van der Waals surface area contributed by atoms with Gasteiger partial charge in [0.25, 0.3) is 0 Å². The molecule has 2 heterocycles. The smallest absolute Gasteiger partial charge is 0.115 e. The molecule has 2 aromatic heterocycles. The molecule has 70 valence electrons. The summed E-state index contributed by atoms with van der Waals surface area (Å²) in [4.78, 5) is 12.1. The summed E-state index contributed by atoms with van der Waals surface area (Å²) in [6.45, 7) is 1.95. The lowest BCUT2D eigenvalue weighted by molar-refractivity contribution is 1.16. The monoisotopic (exact) mass is 186 g/mol. The normalized spacial score (nSPS) is 10.1. The summed E-state index contributed by atoms with van der Waals surface area (Å²) in [5, 5.41) is 0. The van der Waals surface area contributed by atoms with Crippen molar-refractivity contribution in [1.29, 1.82) is 0 Å². The maximum absolute atomic E-state index is 5.84. The van der Waals surface area contributed by atoms with E-state index in [1.807, 2.05) is 13.0 Å². The number of hydrogen-bond donors (Lipinski definition) is 1. The van der Waals surface area contributed by atoms with Gasteiger partial charge in [0.1, 0.15) is 6.33 Å². The van der Waals surface area contributed by atoms with E-state index in [0.29, 0.717) is 5.69 Å². The van der Waals surface area contributed by atoms with E-state index in [-0.39, 0.29) is 0 Å². The molecule has 0 fully saturated rings. The molecule has 0 aliphatic rings. The molecule has 14 heavy (non-hydrogen) atoms. The van der Waals surface area contributed by atoms with E-state index in [1.54, 1.807) is 18.6 Å². The van der Waals surface area contributed by atoms with Gasteiger partial charge in [0.15, 0.2) is 0 Å². The molecular weight excluding hydrogens is 176 g/mol. The Hall–Kier alpha value is -1.97. The zero-order valence-electron chi connectivity index (χ0n) is 7.81. The molecule has 4 nitrogen and oxygen atoms in total. The SMILES string of the molecule is Cc1cnc(-c2cncnc2)c(N)c1. The first-order valence-corrected chi connectivity index (χ1v) is 4.25. The van der Waals surface area contributed by atoms with Crippen LogP contribution in [0.25, 0.3) is 11.3 Å². The van der Waals surface area contributed by atoms with Crippen LogP contribution in [0.2, 0.25) is 0 Å². The fraction of sp³-hybridized carbons (Fsp3) is 0.100. The Kier molecular flexibility index (Phi) is 2.10. The molecular formula is C10H10N4. The lowest BCUT2D eigenvalue weighted by Gasteiger charge is -2.03. The Bertz CT molecular complexity index is 439. The molecule has 0 aliphatic heterocycles. The van der Waals surface area contributed by atoms with Crippen molar-refractivity contribution in [3.8, 4) is 11.3 Å². The predicted molar refractivity (Wildman–Crippen MR) is 54.4 cm³/mol. The number of anilines is 1. The molecule has 0 saturated heterocycles. The molecule has 0 aliphatic carbocycles. The number of nitrogen functional groups attached to an aromatic ring is 1. The maximum Gasteiger partial charge on any atom is 0.115 e. The van der Waals surface area contributed by atoms with Gasteiger partial charge < -0.3 is 5.73 Å². The van der Waals surface area contributed by atoms with Crippen LogP contribution in [0.4, 0.5) is 5.69 Å². The Morgan fingerprint density at radius 3 is 2.50 bits per heavy atom. The highest BCUT2D eigenvalue weighted by Gasteiger charge is 2.03. The minimum absolute atomic E-state index is 0.653. The van der Waals surface area contributed by atoms with Crippen molar-refractivity contribution < 1.29 is 0 Å². The van der Waals surface area contributed by atoms with Crippen LogP contribution in [0.15, 0.2) is 31.0 Å². The van der Waals surface area contributed by atoms with E-state index in [0.717, 1.165) is 16.8 Å². The number of nitrogens with zero attached hydrogens (tertiary/aromatic N) is 3. The van der Waals surface area contributed by atoms with Gasteiger partial charge >= 0.3 is 0 Å². The van der Waals surface area contributed by atoms with Crippen LogP contribution in [0.1, 0.15) is 5.56 Å². The third-order valence-electron chi connectivity index (χ3n) is 1.89. The van der Waals surface area contributed by atoms with Gasteiger partial charge in [0.2, 0.25) is 0 Å². The van der Waals surface area contributed by atoms with E-state index in [9.17, 15) is 0 Å². The highest BCUT2D eigenvalue weighted by Crippen LogP contribution is 2.21. The van der Waals surface area contributed by atoms with Crippen molar-refractivity contribution >= 4 is 5.69 Å². The number of rotatable bonds is 1. The quantitative estimate of drug-likeness (QED) is 0.731. The maximum atomic E-state index is 5.84. The molecule has 0 atom stereocenters. The Labute approximate surface area is 81.9 Å². The van der Waals surface area contributed by atoms with Gasteiger partial charge in [-0.2, -0.15) is 0 Å². The van der Waals surface area contributed by atoms with Crippen molar-refractivity contribution in [1.82, 2.24) is 15.0 Å². The highest BCUT2D eigenvalue weighted by molar-refractivity contribution is 5.71. The summed E-state index contributed by atoms with van der Waals surface area (Å²) in [5.74, 6) is 0. The topological polar surface area (TPSA) is 64.7 Å². The molecule has 2 N–H and O–H groups in total. The molecule has 0 radical (unpaired) electrons. The first kappa shape index (κ1) is 8.62. The van der Waals surface area contributed by atoms with Crippen LogP contribution >= 0.6 is 0 Å². The summed E-state index contributed by atoms with van der Waals surface area (Å²) in [6, 6.07) is 1.88. The minimum atomic E-state index is 0.653. The molecule has 0 saturated carbocycles. The third-order valence-corrected chi connectivity index (χ3v) is 1.89. The molecule has 0 amide bonds. The molecule has 0 aromatic carbocycles. The van der Waals surface area contributed by atoms with Crippen LogP contribution in [0, 0.1) is 6.92 Å². The fourth-order valence-electron chi connectivity index (χ4n) is 1.25. The van der Waals surface area contributed by atoms with E-state index >= 15 is 0 Å². The highest BCUT2D eigenvalue weighted by atomic mass is 14.8. The van der Waals surface area contributed by atoms with Crippen LogP contribution in [0.3, 0.4) is 0 Å². The van der Waals surface area contributed by atoms with Gasteiger partial charge in [0, 0.05) is 24.2 Å². The third kappa shape index (κ3) is 1.54. The van der Waals surface area contributed by atoms with Gasteiger partial charge in [-0.25, -0.2) is 9.97 Å². The fourth-order valence-corrected chi connectivity index (χ4v) is 1.25. The van der Waals surface area contributed by atoms with Crippen molar-refractivity contribution in [2.24, 2.45) is 0 Å². The van der Waals surface area contributed by atoms with Gasteiger partial charge in [-0.05, 0) is 18.6 Å². The molecule has 0 bridgehead atoms. The summed E-state index contributed by atoms with van der Waals surface area (Å²) in [5.41, 5.74) is 9.10. The molecule has 4 heteroatoms. The average molecular weight is 186 g/mol. The Balaban J connectivity index is 2.53. The number of aromatic nitrogens is 3. The van der Waals surface area contributed by atoms with Gasteiger partial charge in [-0.1, -0.05) is 0 Å². The second-order valence-electron chi connectivity index (χ2n) is 3.08. The van der Waals surface area contributed by atoms with Gasteiger partial charge in [-0.15, -0.1) is 0 Å². The van der Waals surface area contributed by atoms with Crippen LogP contribution in [-0.2, 0) is 0 Å². The first-order chi connectivity index (χ1) is 6.77. The van der Waals surface area contributed by atoms with Gasteiger partial charge in [-0.3, -0.25) is 4.98 Å². The van der Waals surface area contributed by atoms with E-state index in [2.05, 4.69) is 15.0 Å². The van der Waals surface area contributed by atoms with E-state index < -0.39 is 0 Å². The summed E-state index contributed by atoms with van der Waals surface area (Å²) in [7, 11) is 0. The zero-order chi connectivity index (χ0) is 9.97. The Morgan fingerprint density at radius 2 is 1.86 bits per heavy atom. The van der Waals surface area contributed by atoms with Crippen LogP contribution in [0.5, 0.6) is 0 Å². The summed E-state index contributed by atoms with van der Waals surface area (Å²) in [6.07, 6.45) is 6.65. The number of aryl methyl sites for hydroxylation is 1. The largest absolute Gasteiger partial charge is 0.397 e. The standard InChI is InChI=1S/C10H10N4/c1-7-2-9(11)10(14-3-7)8-4-12-6-13-5-8/h2-6H,11H2,1H3. The van der Waals surface area contributed by atoms with E-state index in [1.165, 1.54) is 6.33 Å². The van der Waals surface area contributed by atoms with Crippen molar-refractivity contribution in [3.05, 3.63) is 36.5 Å². The molecule has 2 rings (SSSR count). The lowest BCUT2D eigenvalue weighted by Crippen LogP contribution is -1.95. The van der Waals surface area contributed by atoms with Crippen LogP contribution < -0.4 is 5.73 Å². The second kappa shape index (κ2) is 3.41. The minimum Gasteiger partial charge on any atom is -0.397 e. The lowest BCUT2D eigenvalue weighted by atomic mass is 10.1. The number of hydrogen-bond acceptors (Lipinski definition) is 4. The number of pyridine rings is 1. The van der Waals surface area contributed by atoms with Crippen LogP contribution in [-0.4, -0.2) is 15.0 Å². The zero-order valence-corrected chi connectivity index (χ0v) is 7.81. The summed E-state index contributed by atoms with van der Waals surface area (Å²) >= 11 is 0. The number of nitrogens with two attached hydrogens (primary N) is 1. The molecule has 0 spiro atoms. The molecule has 2 aromatic rings. The van der Waals surface area contributed by atoms with Crippen molar-refractivity contribution in [3.63, 3.8) is 0 Å². The van der Waals surface area contributed by atoms with Crippen molar-refractivity contribution in [2.75, 3.05) is 5.73 Å². The first-order valence-electron chi connectivity index (χ1n) is 4.25. The molecule has 0 unspecified atom stereocenters. The van der Waals surface area contributed by atoms with Gasteiger partial charge in [0.05, 0.1) is 11.4 Å². The Morgan fingerprint density at radius 1 is 1.14 bits per heavy atom. The predicted octanol–water partition coefficient (Wildman–Crippen LogP) is 1.43. The average Bonchev–Trinajstić information content (AvgIpc) is 2.19. The summed E-state index contributed by atoms with van der Waals surface area (Å²) < 4.78 is 0.